The average Bonchev–Trinajstić information content (AvgIpc) is 3.71. The van der Waals surface area contributed by atoms with E-state index in [-0.39, 0.29) is 39.4 Å². The molecule has 0 bridgehead atoms. The molecule has 0 spiro atoms. The molecule has 3 atom stereocenters. The number of hydrogen-bond acceptors (Lipinski definition) is 13. The molecule has 1 aromatic carbocycles. The maximum Gasteiger partial charge on any atom is 0.352 e. The summed E-state index contributed by atoms with van der Waals surface area (Å²) in [6.45, 7) is 3.64. The Hall–Kier alpha value is -4.59. The standard InChI is InChI=1S/C29H32ClN7O10S2/c1-13(27(43)44)47-35-19(16-12-49-29(31)33-16)24(41)34-20-25(42)36-21(28(45)46)14(11-48-26(20)36)10-37(7-2-3-8-37)9-6-32-23(40)15-4-5-17(38)22(39)18(15)30/h4-5,12-13,20,26H,2-3,6-11H2,1H3,(H7-,31,32,33,34,35,38,39,40,41,43,44,45,46)/p+1/t13-,20-,26-/m1/s1. The highest BCUT2D eigenvalue weighted by Gasteiger charge is 2.55. The molecule has 0 radical (unpaired) electrons. The number of nitrogens with two attached hydrogens (primary N) is 1. The Kier molecular flexibility index (Phi) is 10.6. The average molecular weight is 739 g/mol. The predicted molar refractivity (Wildman–Crippen MR) is 177 cm³/mol. The van der Waals surface area contributed by atoms with E-state index in [1.807, 2.05) is 0 Å². The number of phenolic OH excluding ortho intramolecular Hbond substituents is 2. The van der Waals surface area contributed by atoms with Gasteiger partial charge in [0.2, 0.25) is 6.10 Å². The number of halogens is 1. The molecule has 20 heteroatoms. The van der Waals surface area contributed by atoms with Crippen LogP contribution in [0.4, 0.5) is 5.13 Å². The van der Waals surface area contributed by atoms with E-state index in [1.165, 1.54) is 30.1 Å². The number of aromatic nitrogens is 1. The van der Waals surface area contributed by atoms with Crippen molar-refractivity contribution in [2.24, 2.45) is 5.16 Å². The van der Waals surface area contributed by atoms with Crippen LogP contribution in [-0.4, -0.2) is 126 Å². The molecule has 0 aliphatic carbocycles. The minimum atomic E-state index is -1.39. The summed E-state index contributed by atoms with van der Waals surface area (Å²) in [5.41, 5.74) is 5.68. The van der Waals surface area contributed by atoms with Gasteiger partial charge >= 0.3 is 11.9 Å². The Morgan fingerprint density at radius 1 is 1.22 bits per heavy atom. The van der Waals surface area contributed by atoms with Gasteiger partial charge in [-0.1, -0.05) is 16.8 Å². The number of carbonyl (C=O) groups excluding carboxylic acids is 3. The number of nitrogen functional groups attached to an aromatic ring is 1. The van der Waals surface area contributed by atoms with E-state index < -0.39 is 64.4 Å². The number of likely N-dealkylation sites (tertiary alicyclic amines) is 1. The van der Waals surface area contributed by atoms with Crippen LogP contribution in [0, 0.1) is 0 Å². The molecule has 5 rings (SSSR count). The summed E-state index contributed by atoms with van der Waals surface area (Å²) in [5, 5.41) is 48.4. The predicted octanol–water partition coefficient (Wildman–Crippen LogP) is 0.763. The number of phenols is 2. The van der Waals surface area contributed by atoms with Crippen molar-refractivity contribution in [1.29, 1.82) is 0 Å². The lowest BCUT2D eigenvalue weighted by Gasteiger charge is -2.50. The Morgan fingerprint density at radius 3 is 2.57 bits per heavy atom. The number of oxime groups is 1. The van der Waals surface area contributed by atoms with Crippen molar-refractivity contribution in [3.05, 3.63) is 45.1 Å². The van der Waals surface area contributed by atoms with E-state index in [4.69, 9.17) is 27.3 Å². The first kappa shape index (κ1) is 35.7. The number of fused-ring (bicyclic) bond motifs is 1. The molecule has 262 valence electrons. The Morgan fingerprint density at radius 2 is 1.94 bits per heavy atom. The number of hydrogen-bond donors (Lipinski definition) is 7. The van der Waals surface area contributed by atoms with Crippen LogP contribution in [-0.2, 0) is 24.0 Å². The zero-order valence-corrected chi connectivity index (χ0v) is 28.3. The number of carboxylic acid groups (broad SMARTS) is 2. The van der Waals surface area contributed by atoms with Crippen molar-refractivity contribution in [3.63, 3.8) is 0 Å². The lowest BCUT2D eigenvalue weighted by molar-refractivity contribution is -0.911. The van der Waals surface area contributed by atoms with Gasteiger partial charge in [-0.2, -0.15) is 0 Å². The number of rotatable bonds is 13. The highest BCUT2D eigenvalue weighted by atomic mass is 35.5. The van der Waals surface area contributed by atoms with E-state index in [0.29, 0.717) is 23.1 Å². The number of nitrogens with one attached hydrogen (secondary N) is 2. The van der Waals surface area contributed by atoms with E-state index in [2.05, 4.69) is 20.8 Å². The SMILES string of the molecule is C[C@@H](O/N=C(\C(=O)N[C@@H]1C(=O)N2C(C(=O)O)=C(C[N+]3(CCNC(=O)c4ccc(O)c(O)c4Cl)CCCC3)CS[C@H]12)c1csc(N)n1)C(=O)O. The third kappa shape index (κ3) is 7.38. The van der Waals surface area contributed by atoms with Gasteiger partial charge in [-0.15, -0.1) is 23.1 Å². The fraction of sp³-hybridized carbons (Fsp3) is 0.414. The van der Waals surface area contributed by atoms with Gasteiger partial charge in [0.25, 0.3) is 17.7 Å². The molecule has 0 unspecified atom stereocenters. The minimum absolute atomic E-state index is 0.00560. The molecule has 3 amide bonds. The van der Waals surface area contributed by atoms with Gasteiger partial charge in [-0.25, -0.2) is 14.6 Å². The molecule has 4 heterocycles. The Balaban J connectivity index is 1.29. The van der Waals surface area contributed by atoms with Gasteiger partial charge in [0, 0.05) is 29.5 Å². The summed E-state index contributed by atoms with van der Waals surface area (Å²) in [7, 11) is 0. The molecule has 0 saturated carbocycles. The topological polar surface area (TPSA) is 254 Å². The normalized spacial score (nSPS) is 20.7. The van der Waals surface area contributed by atoms with Crippen molar-refractivity contribution in [2.45, 2.75) is 37.3 Å². The second kappa shape index (κ2) is 14.5. The molecule has 1 aromatic heterocycles. The lowest BCUT2D eigenvalue weighted by Crippen LogP contribution is -2.71. The number of amides is 3. The number of nitrogens with zero attached hydrogens (tertiary/aromatic N) is 4. The minimum Gasteiger partial charge on any atom is -0.504 e. The third-order valence-electron chi connectivity index (χ3n) is 8.42. The van der Waals surface area contributed by atoms with Crippen LogP contribution in [0.2, 0.25) is 5.02 Å². The molecule has 2 fully saturated rings. The van der Waals surface area contributed by atoms with Crippen molar-refractivity contribution in [2.75, 3.05) is 44.2 Å². The summed E-state index contributed by atoms with van der Waals surface area (Å²) >= 11 is 8.33. The Bertz CT molecular complexity index is 1760. The first-order chi connectivity index (χ1) is 23.2. The molecule has 2 saturated heterocycles. The van der Waals surface area contributed by atoms with E-state index >= 15 is 0 Å². The van der Waals surface area contributed by atoms with Gasteiger partial charge in [-0.3, -0.25) is 19.3 Å². The van der Waals surface area contributed by atoms with Crippen LogP contribution in [0.5, 0.6) is 11.5 Å². The number of thiazole rings is 1. The van der Waals surface area contributed by atoms with Crippen molar-refractivity contribution in [1.82, 2.24) is 20.5 Å². The summed E-state index contributed by atoms with van der Waals surface area (Å²) in [5.74, 6) is -5.48. The number of quaternary nitrogens is 1. The molecule has 8 N–H and O–H groups in total. The fourth-order valence-corrected chi connectivity index (χ4v) is 8.02. The van der Waals surface area contributed by atoms with Gasteiger partial charge in [0.05, 0.1) is 36.8 Å². The van der Waals surface area contributed by atoms with Crippen molar-refractivity contribution in [3.8, 4) is 11.5 Å². The van der Waals surface area contributed by atoms with E-state index in [9.17, 15) is 39.3 Å². The van der Waals surface area contributed by atoms with Gasteiger partial charge < -0.3 is 46.1 Å². The fourth-order valence-electron chi connectivity index (χ4n) is 5.90. The molecule has 3 aliphatic heterocycles. The second-order valence-corrected chi connectivity index (χ2v) is 14.0. The lowest BCUT2D eigenvalue weighted by atomic mass is 10.0. The van der Waals surface area contributed by atoms with E-state index in [0.717, 1.165) is 48.2 Å². The van der Waals surface area contributed by atoms with Gasteiger partial charge in [0.1, 0.15) is 29.4 Å². The number of carbonyl (C=O) groups is 5. The summed E-state index contributed by atoms with van der Waals surface area (Å²) < 4.78 is 0.472. The maximum atomic E-state index is 13.4. The third-order valence-corrected chi connectivity index (χ3v) is 10.8. The number of carboxylic acids is 2. The zero-order valence-electron chi connectivity index (χ0n) is 25.9. The number of aliphatic carboxylic acids is 2. The van der Waals surface area contributed by atoms with Crippen molar-refractivity contribution < 1.29 is 53.7 Å². The summed E-state index contributed by atoms with van der Waals surface area (Å²) in [6, 6.07) is 1.34. The first-order valence-corrected chi connectivity index (χ1v) is 17.3. The monoisotopic (exact) mass is 738 g/mol. The van der Waals surface area contributed by atoms with Crippen LogP contribution >= 0.6 is 34.7 Å². The van der Waals surface area contributed by atoms with Crippen LogP contribution in [0.15, 0.2) is 33.9 Å². The molecular formula is C29H33ClN7O10S2+. The number of benzene rings is 1. The highest BCUT2D eigenvalue weighted by Crippen LogP contribution is 2.41. The van der Waals surface area contributed by atoms with Crippen molar-refractivity contribution >= 4 is 75.2 Å². The molecular weight excluding hydrogens is 706 g/mol. The van der Waals surface area contributed by atoms with Gasteiger partial charge in [0.15, 0.2) is 22.3 Å². The van der Waals surface area contributed by atoms with Crippen LogP contribution < -0.4 is 16.4 Å². The van der Waals surface area contributed by atoms with E-state index in [1.54, 1.807) is 0 Å². The second-order valence-electron chi connectivity index (χ2n) is 11.6. The smallest absolute Gasteiger partial charge is 0.352 e. The number of thioether (sulfide) groups is 1. The first-order valence-electron chi connectivity index (χ1n) is 15.0. The quantitative estimate of drug-likeness (QED) is 0.0493. The summed E-state index contributed by atoms with van der Waals surface area (Å²) in [6.07, 6.45) is 0.384. The molecule has 49 heavy (non-hydrogen) atoms. The van der Waals surface area contributed by atoms with Gasteiger partial charge in [-0.05, 0) is 19.1 Å². The largest absolute Gasteiger partial charge is 0.504 e. The number of anilines is 1. The van der Waals surface area contributed by atoms with Crippen LogP contribution in [0.1, 0.15) is 35.8 Å². The van der Waals surface area contributed by atoms with Crippen LogP contribution in [0.25, 0.3) is 0 Å². The Labute approximate surface area is 291 Å². The number of aromatic hydroxyl groups is 2. The molecule has 17 nitrogen and oxygen atoms in total. The molecule has 3 aliphatic rings. The zero-order chi connectivity index (χ0) is 35.6. The maximum absolute atomic E-state index is 13.4. The number of β-lactam (4-membered cyclic amide) rings is 1. The molecule has 2 aromatic rings. The van der Waals surface area contributed by atoms with Crippen LogP contribution in [0.3, 0.4) is 0 Å². The highest BCUT2D eigenvalue weighted by molar-refractivity contribution is 8.00. The summed E-state index contributed by atoms with van der Waals surface area (Å²) in [4.78, 5) is 73.3.